The second-order valence-corrected chi connectivity index (χ2v) is 8.18. The van der Waals surface area contributed by atoms with Crippen molar-refractivity contribution in [3.63, 3.8) is 0 Å². The number of hydrogen-bond acceptors (Lipinski definition) is 6. The van der Waals surface area contributed by atoms with Gasteiger partial charge in [-0.1, -0.05) is 11.6 Å². The Morgan fingerprint density at radius 1 is 1.22 bits per heavy atom. The van der Waals surface area contributed by atoms with Crippen LogP contribution in [0.4, 0.5) is 5.69 Å². The number of Topliss-reactive ketones (excluding diaryl/α,β-unsaturated/α-hetero) is 1. The number of carbonyl (C=O) groups is 3. The second kappa shape index (κ2) is 7.26. The molecule has 0 aliphatic carbocycles. The number of carbonyl (C=O) groups excluding carboxylic acids is 3. The summed E-state index contributed by atoms with van der Waals surface area (Å²) >= 11 is 5.80. The molecule has 1 aromatic rings. The molecule has 1 aromatic carbocycles. The summed E-state index contributed by atoms with van der Waals surface area (Å²) in [6.45, 7) is 6.49. The van der Waals surface area contributed by atoms with E-state index in [0.29, 0.717) is 0 Å². The Kier molecular flexibility index (Phi) is 5.60. The van der Waals surface area contributed by atoms with Gasteiger partial charge in [-0.3, -0.25) is 19.7 Å². The molecule has 0 radical (unpaired) electrons. The molecule has 0 bridgehead atoms. The summed E-state index contributed by atoms with van der Waals surface area (Å²) in [7, 11) is 0. The van der Waals surface area contributed by atoms with E-state index in [1.165, 1.54) is 6.07 Å². The molecule has 0 atom stereocenters. The van der Waals surface area contributed by atoms with Gasteiger partial charge in [0.1, 0.15) is 11.3 Å². The fourth-order valence-corrected chi connectivity index (χ4v) is 3.95. The summed E-state index contributed by atoms with van der Waals surface area (Å²) < 4.78 is 5.02. The van der Waals surface area contributed by atoms with Crippen LogP contribution in [0.2, 0.25) is 5.02 Å². The third kappa shape index (κ3) is 4.44. The van der Waals surface area contributed by atoms with Crippen LogP contribution < -0.4 is 0 Å². The lowest BCUT2D eigenvalue weighted by atomic mass is 9.79. The number of nitro benzene ring substituents is 1. The average molecular weight is 397 g/mol. The fourth-order valence-electron chi connectivity index (χ4n) is 3.78. The lowest BCUT2D eigenvalue weighted by Crippen LogP contribution is -2.63. The van der Waals surface area contributed by atoms with E-state index >= 15 is 0 Å². The van der Waals surface area contributed by atoms with Crippen LogP contribution in [0.15, 0.2) is 18.2 Å². The molecular formula is C18H21ClN2O6. The maximum absolute atomic E-state index is 12.7. The topological polar surface area (TPSA) is 107 Å². The zero-order valence-electron chi connectivity index (χ0n) is 15.6. The molecule has 1 fully saturated rings. The summed E-state index contributed by atoms with van der Waals surface area (Å²) in [5.41, 5.74) is -2.25. The van der Waals surface area contributed by atoms with E-state index in [1.54, 1.807) is 32.6 Å². The molecule has 1 heterocycles. The minimum atomic E-state index is -1.01. The van der Waals surface area contributed by atoms with Crippen LogP contribution in [0, 0.1) is 10.1 Å². The molecule has 27 heavy (non-hydrogen) atoms. The molecule has 0 spiro atoms. The van der Waals surface area contributed by atoms with Gasteiger partial charge in [-0.05, 0) is 39.8 Å². The first kappa shape index (κ1) is 20.8. The molecule has 0 saturated carbocycles. The van der Waals surface area contributed by atoms with Crippen LogP contribution in [-0.4, -0.2) is 45.2 Å². The van der Waals surface area contributed by atoms with Crippen molar-refractivity contribution >= 4 is 34.9 Å². The molecule has 1 saturated heterocycles. The number of likely N-dealkylation sites (tertiary alicyclic amines) is 1. The third-order valence-electron chi connectivity index (χ3n) is 4.42. The van der Waals surface area contributed by atoms with E-state index in [1.807, 2.05) is 0 Å². The highest BCUT2D eigenvalue weighted by molar-refractivity contribution is 6.31. The normalized spacial score (nSPS) is 18.1. The maximum atomic E-state index is 12.7. The van der Waals surface area contributed by atoms with Gasteiger partial charge < -0.3 is 9.64 Å². The fraction of sp³-hybridized carbons (Fsp3) is 0.500. The van der Waals surface area contributed by atoms with Gasteiger partial charge in [-0.2, -0.15) is 0 Å². The van der Waals surface area contributed by atoms with Crippen molar-refractivity contribution in [1.29, 1.82) is 0 Å². The standard InChI is InChI=1S/C18H21ClN2O6/c1-17(2)8-12(22)9-18(3,4)20(17)15(23)10-27-16(24)13-7-11(19)5-6-14(13)21(25)26/h5-7H,8-10H2,1-4H3. The smallest absolute Gasteiger partial charge is 0.345 e. The number of ether oxygens (including phenoxy) is 1. The Morgan fingerprint density at radius 2 is 1.78 bits per heavy atom. The van der Waals surface area contributed by atoms with Crippen LogP contribution in [-0.2, 0) is 14.3 Å². The number of halogens is 1. The summed E-state index contributed by atoms with van der Waals surface area (Å²) in [6, 6.07) is 3.51. The maximum Gasteiger partial charge on any atom is 0.345 e. The highest BCUT2D eigenvalue weighted by Gasteiger charge is 2.47. The van der Waals surface area contributed by atoms with Gasteiger partial charge in [-0.25, -0.2) is 4.79 Å². The van der Waals surface area contributed by atoms with Gasteiger partial charge in [0, 0.05) is 35.0 Å². The number of ketones is 1. The number of piperidine rings is 1. The quantitative estimate of drug-likeness (QED) is 0.439. The van der Waals surface area contributed by atoms with Gasteiger partial charge >= 0.3 is 5.97 Å². The molecule has 9 heteroatoms. The van der Waals surface area contributed by atoms with Crippen molar-refractivity contribution in [2.45, 2.75) is 51.6 Å². The van der Waals surface area contributed by atoms with Crippen LogP contribution in [0.25, 0.3) is 0 Å². The molecule has 1 amide bonds. The van der Waals surface area contributed by atoms with Crippen molar-refractivity contribution in [1.82, 2.24) is 4.90 Å². The van der Waals surface area contributed by atoms with Crippen LogP contribution >= 0.6 is 11.6 Å². The molecule has 0 unspecified atom stereocenters. The van der Waals surface area contributed by atoms with Gasteiger partial charge in [0.05, 0.1) is 4.92 Å². The Morgan fingerprint density at radius 3 is 2.30 bits per heavy atom. The number of nitrogens with zero attached hydrogens (tertiary/aromatic N) is 2. The SMILES string of the molecule is CC1(C)CC(=O)CC(C)(C)N1C(=O)COC(=O)c1cc(Cl)ccc1[N+](=O)[O-]. The molecule has 8 nitrogen and oxygen atoms in total. The van der Waals surface area contributed by atoms with E-state index in [4.69, 9.17) is 16.3 Å². The average Bonchev–Trinajstić information content (AvgIpc) is 2.49. The number of hydrogen-bond donors (Lipinski definition) is 0. The molecule has 1 aliphatic rings. The molecule has 0 N–H and O–H groups in total. The summed E-state index contributed by atoms with van der Waals surface area (Å²) in [4.78, 5) is 48.8. The van der Waals surface area contributed by atoms with E-state index in [0.717, 1.165) is 12.1 Å². The molecule has 0 aromatic heterocycles. The highest BCUT2D eigenvalue weighted by atomic mass is 35.5. The zero-order valence-corrected chi connectivity index (χ0v) is 16.3. The monoisotopic (exact) mass is 396 g/mol. The van der Waals surface area contributed by atoms with E-state index in [2.05, 4.69) is 0 Å². The summed E-state index contributed by atoms with van der Waals surface area (Å²) in [6.07, 6.45) is 0.408. The largest absolute Gasteiger partial charge is 0.452 e. The van der Waals surface area contributed by atoms with Crippen molar-refractivity contribution in [3.8, 4) is 0 Å². The van der Waals surface area contributed by atoms with Crippen LogP contribution in [0.1, 0.15) is 50.9 Å². The summed E-state index contributed by atoms with van der Waals surface area (Å²) in [5, 5.41) is 11.2. The Balaban J connectivity index is 2.18. The number of rotatable bonds is 4. The Labute approximate surface area is 161 Å². The van der Waals surface area contributed by atoms with Crippen molar-refractivity contribution in [2.75, 3.05) is 6.61 Å². The van der Waals surface area contributed by atoms with Gasteiger partial charge in [0.2, 0.25) is 0 Å². The highest BCUT2D eigenvalue weighted by Crippen LogP contribution is 2.36. The summed E-state index contributed by atoms with van der Waals surface area (Å²) in [5.74, 6) is -1.43. The zero-order chi connectivity index (χ0) is 20.6. The number of amides is 1. The van der Waals surface area contributed by atoms with Crippen molar-refractivity contribution < 1.29 is 24.0 Å². The Bertz CT molecular complexity index is 798. The molecule has 146 valence electrons. The van der Waals surface area contributed by atoms with Crippen molar-refractivity contribution in [2.24, 2.45) is 0 Å². The number of benzene rings is 1. The predicted molar refractivity (Wildman–Crippen MR) is 97.6 cm³/mol. The Hall–Kier alpha value is -2.48. The first-order valence-corrected chi connectivity index (χ1v) is 8.69. The van der Waals surface area contributed by atoms with Crippen molar-refractivity contribution in [3.05, 3.63) is 38.9 Å². The lowest BCUT2D eigenvalue weighted by molar-refractivity contribution is -0.385. The second-order valence-electron chi connectivity index (χ2n) is 7.74. The minimum Gasteiger partial charge on any atom is -0.452 e. The predicted octanol–water partition coefficient (Wildman–Crippen LogP) is 3.15. The van der Waals surface area contributed by atoms with Gasteiger partial charge in [0.25, 0.3) is 11.6 Å². The van der Waals surface area contributed by atoms with E-state index in [-0.39, 0.29) is 29.2 Å². The minimum absolute atomic E-state index is 0.0561. The molecular weight excluding hydrogens is 376 g/mol. The van der Waals surface area contributed by atoms with Gasteiger partial charge in [0.15, 0.2) is 6.61 Å². The van der Waals surface area contributed by atoms with E-state index in [9.17, 15) is 24.5 Å². The number of nitro groups is 1. The van der Waals surface area contributed by atoms with Crippen LogP contribution in [0.3, 0.4) is 0 Å². The lowest BCUT2D eigenvalue weighted by Gasteiger charge is -2.51. The first-order chi connectivity index (χ1) is 12.3. The third-order valence-corrected chi connectivity index (χ3v) is 4.66. The first-order valence-electron chi connectivity index (χ1n) is 8.31. The van der Waals surface area contributed by atoms with E-state index < -0.39 is 40.2 Å². The van der Waals surface area contributed by atoms with Crippen LogP contribution in [0.5, 0.6) is 0 Å². The molecule has 1 aliphatic heterocycles. The molecule has 2 rings (SSSR count). The number of esters is 1. The van der Waals surface area contributed by atoms with Gasteiger partial charge in [-0.15, -0.1) is 0 Å².